The predicted octanol–water partition coefficient (Wildman–Crippen LogP) is 4.14. The maximum atomic E-state index is 4.37. The molecule has 0 saturated heterocycles. The molecule has 4 nitrogen and oxygen atoms in total. The average molecular weight is 277 g/mol. The number of H-pyrrole nitrogens is 1. The number of aromatic amines is 1. The van der Waals surface area contributed by atoms with E-state index >= 15 is 0 Å². The van der Waals surface area contributed by atoms with E-state index < -0.39 is 0 Å². The molecule has 1 N–H and O–H groups in total. The van der Waals surface area contributed by atoms with E-state index in [1.165, 1.54) is 0 Å². The van der Waals surface area contributed by atoms with Gasteiger partial charge in [-0.15, -0.1) is 5.11 Å². The second kappa shape index (κ2) is 5.71. The number of anilines is 1. The molecular formula is C17H17N4+. The quantitative estimate of drug-likeness (QED) is 0.663. The fourth-order valence-corrected chi connectivity index (χ4v) is 2.15. The van der Waals surface area contributed by atoms with Crippen molar-refractivity contribution in [2.24, 2.45) is 10.2 Å². The van der Waals surface area contributed by atoms with Gasteiger partial charge in [0.1, 0.15) is 5.69 Å². The molecule has 0 aliphatic heterocycles. The maximum absolute atomic E-state index is 4.37. The van der Waals surface area contributed by atoms with E-state index in [-0.39, 0.29) is 0 Å². The summed E-state index contributed by atoms with van der Waals surface area (Å²) >= 11 is 0. The lowest BCUT2D eigenvalue weighted by Gasteiger charge is -2.11. The SMILES string of the molecule is CN(C)c1ccc(N=Nc2cc[nH+]c3ccccc23)cc1. The predicted molar refractivity (Wildman–Crippen MR) is 85.4 cm³/mol. The van der Waals surface area contributed by atoms with Crippen LogP contribution in [0.3, 0.4) is 0 Å². The molecule has 0 saturated carbocycles. The summed E-state index contributed by atoms with van der Waals surface area (Å²) in [6.07, 6.45) is 1.88. The van der Waals surface area contributed by atoms with Crippen LogP contribution in [-0.4, -0.2) is 14.1 Å². The molecule has 4 heteroatoms. The van der Waals surface area contributed by atoms with Crippen molar-refractivity contribution >= 4 is 28.0 Å². The van der Waals surface area contributed by atoms with Gasteiger partial charge < -0.3 is 4.90 Å². The minimum absolute atomic E-state index is 0.845. The number of rotatable bonds is 3. The lowest BCUT2D eigenvalue weighted by atomic mass is 10.2. The van der Waals surface area contributed by atoms with Crippen LogP contribution in [0.5, 0.6) is 0 Å². The summed E-state index contributed by atoms with van der Waals surface area (Å²) in [4.78, 5) is 5.26. The van der Waals surface area contributed by atoms with Gasteiger partial charge in [0.25, 0.3) is 0 Å². The molecule has 0 atom stereocenters. The molecule has 0 unspecified atom stereocenters. The van der Waals surface area contributed by atoms with E-state index in [4.69, 9.17) is 0 Å². The third kappa shape index (κ3) is 2.89. The van der Waals surface area contributed by atoms with Crippen LogP contribution in [0.2, 0.25) is 0 Å². The zero-order chi connectivity index (χ0) is 14.7. The van der Waals surface area contributed by atoms with E-state index in [0.29, 0.717) is 0 Å². The highest BCUT2D eigenvalue weighted by molar-refractivity contribution is 5.86. The third-order valence-corrected chi connectivity index (χ3v) is 3.32. The van der Waals surface area contributed by atoms with Crippen molar-refractivity contribution < 1.29 is 4.98 Å². The second-order valence-electron chi connectivity index (χ2n) is 5.02. The smallest absolute Gasteiger partial charge is 0.213 e. The molecule has 0 spiro atoms. The Kier molecular flexibility index (Phi) is 3.60. The minimum atomic E-state index is 0.845. The van der Waals surface area contributed by atoms with Crippen molar-refractivity contribution in [3.63, 3.8) is 0 Å². The number of hydrogen-bond acceptors (Lipinski definition) is 3. The van der Waals surface area contributed by atoms with Crippen molar-refractivity contribution in [1.82, 2.24) is 0 Å². The molecule has 0 amide bonds. The van der Waals surface area contributed by atoms with Crippen LogP contribution in [0.15, 0.2) is 71.0 Å². The molecule has 0 radical (unpaired) electrons. The lowest BCUT2D eigenvalue weighted by molar-refractivity contribution is -0.344. The Labute approximate surface area is 123 Å². The Bertz CT molecular complexity index is 771. The molecule has 0 fully saturated rings. The normalized spacial score (nSPS) is 11.1. The summed E-state index contributed by atoms with van der Waals surface area (Å²) in [5.74, 6) is 0. The van der Waals surface area contributed by atoms with Gasteiger partial charge in [0.05, 0.1) is 11.1 Å². The summed E-state index contributed by atoms with van der Waals surface area (Å²) in [5.41, 5.74) is 3.91. The molecule has 1 heterocycles. The highest BCUT2D eigenvalue weighted by atomic mass is 15.1. The van der Waals surface area contributed by atoms with Crippen LogP contribution in [-0.2, 0) is 0 Å². The molecule has 3 aromatic rings. The summed E-state index contributed by atoms with van der Waals surface area (Å²) in [6.45, 7) is 0. The Hall–Kier alpha value is -2.75. The number of pyridine rings is 1. The largest absolute Gasteiger partial charge is 0.378 e. The number of fused-ring (bicyclic) bond motifs is 1. The number of nitrogens with zero attached hydrogens (tertiary/aromatic N) is 3. The summed E-state index contributed by atoms with van der Waals surface area (Å²) in [6, 6.07) is 18.0. The average Bonchev–Trinajstić information content (AvgIpc) is 2.53. The number of hydrogen-bond donors (Lipinski definition) is 0. The van der Waals surface area contributed by atoms with Crippen LogP contribution < -0.4 is 9.88 Å². The Morgan fingerprint density at radius 2 is 1.62 bits per heavy atom. The van der Waals surface area contributed by atoms with Crippen LogP contribution >= 0.6 is 0 Å². The first-order chi connectivity index (χ1) is 10.2. The van der Waals surface area contributed by atoms with Crippen molar-refractivity contribution in [2.75, 3.05) is 19.0 Å². The Balaban J connectivity index is 1.91. The first kappa shape index (κ1) is 13.2. The zero-order valence-electron chi connectivity index (χ0n) is 12.1. The van der Waals surface area contributed by atoms with Crippen molar-refractivity contribution in [3.05, 3.63) is 60.8 Å². The molecule has 1 aromatic heterocycles. The Morgan fingerprint density at radius 1 is 0.857 bits per heavy atom. The fourth-order valence-electron chi connectivity index (χ4n) is 2.15. The molecule has 21 heavy (non-hydrogen) atoms. The number of benzene rings is 2. The van der Waals surface area contributed by atoms with Gasteiger partial charge in [0.2, 0.25) is 5.52 Å². The highest BCUT2D eigenvalue weighted by Crippen LogP contribution is 2.25. The molecule has 104 valence electrons. The first-order valence-electron chi connectivity index (χ1n) is 6.82. The van der Waals surface area contributed by atoms with E-state index in [1.807, 2.05) is 74.9 Å². The van der Waals surface area contributed by atoms with Crippen LogP contribution in [0.1, 0.15) is 0 Å². The van der Waals surface area contributed by atoms with Gasteiger partial charge in [-0.3, -0.25) is 0 Å². The van der Waals surface area contributed by atoms with Crippen LogP contribution in [0.25, 0.3) is 10.9 Å². The third-order valence-electron chi connectivity index (χ3n) is 3.32. The second-order valence-corrected chi connectivity index (χ2v) is 5.02. The van der Waals surface area contributed by atoms with Crippen molar-refractivity contribution in [2.45, 2.75) is 0 Å². The van der Waals surface area contributed by atoms with Gasteiger partial charge in [0.15, 0.2) is 6.20 Å². The van der Waals surface area contributed by atoms with Gasteiger partial charge in [-0.2, -0.15) is 5.11 Å². The van der Waals surface area contributed by atoms with Crippen molar-refractivity contribution in [1.29, 1.82) is 0 Å². The van der Waals surface area contributed by atoms with Gasteiger partial charge >= 0.3 is 0 Å². The molecule has 0 bridgehead atoms. The number of nitrogens with one attached hydrogen (secondary N) is 1. The van der Waals surface area contributed by atoms with Gasteiger partial charge in [-0.1, -0.05) is 12.1 Å². The van der Waals surface area contributed by atoms with E-state index in [0.717, 1.165) is 28.0 Å². The number of para-hydroxylation sites is 1. The zero-order valence-corrected chi connectivity index (χ0v) is 12.1. The monoisotopic (exact) mass is 277 g/mol. The van der Waals surface area contributed by atoms with Gasteiger partial charge in [-0.25, -0.2) is 4.98 Å². The van der Waals surface area contributed by atoms with Crippen molar-refractivity contribution in [3.8, 4) is 0 Å². The number of azo groups is 1. The van der Waals surface area contributed by atoms with Crippen LogP contribution in [0.4, 0.5) is 17.1 Å². The van der Waals surface area contributed by atoms with E-state index in [9.17, 15) is 0 Å². The first-order valence-corrected chi connectivity index (χ1v) is 6.82. The van der Waals surface area contributed by atoms with E-state index in [2.05, 4.69) is 20.1 Å². The lowest BCUT2D eigenvalue weighted by Crippen LogP contribution is -2.07. The topological polar surface area (TPSA) is 42.1 Å². The molecule has 0 aliphatic carbocycles. The summed E-state index contributed by atoms with van der Waals surface area (Å²) in [5, 5.41) is 9.75. The van der Waals surface area contributed by atoms with Gasteiger partial charge in [0, 0.05) is 31.9 Å². The van der Waals surface area contributed by atoms with E-state index in [1.54, 1.807) is 0 Å². The minimum Gasteiger partial charge on any atom is -0.378 e. The number of aromatic nitrogens is 1. The molecule has 2 aromatic carbocycles. The maximum Gasteiger partial charge on any atom is 0.213 e. The fraction of sp³-hybridized carbons (Fsp3) is 0.118. The highest BCUT2D eigenvalue weighted by Gasteiger charge is 2.04. The molecule has 3 rings (SSSR count). The van der Waals surface area contributed by atoms with Crippen LogP contribution in [0, 0.1) is 0 Å². The van der Waals surface area contributed by atoms with Gasteiger partial charge in [-0.05, 0) is 30.3 Å². The molecule has 0 aliphatic rings. The Morgan fingerprint density at radius 3 is 2.38 bits per heavy atom. The standard InChI is InChI=1S/C17H16N4/c1-21(2)14-9-7-13(8-10-14)19-20-17-11-12-18-16-6-4-3-5-15(16)17/h3-12H,1-2H3/p+1. The summed E-state index contributed by atoms with van der Waals surface area (Å²) < 4.78 is 0. The molecular weight excluding hydrogens is 260 g/mol. The summed E-state index contributed by atoms with van der Waals surface area (Å²) in [7, 11) is 4.03.